The number of nitrogens with one attached hydrogen (secondary N) is 1. The Morgan fingerprint density at radius 1 is 1.39 bits per heavy atom. The summed E-state index contributed by atoms with van der Waals surface area (Å²) in [6, 6.07) is 8.16. The molecule has 4 heteroatoms. The minimum Gasteiger partial charge on any atom is -0.396 e. The van der Waals surface area contributed by atoms with Crippen LogP contribution >= 0.6 is 0 Å². The summed E-state index contributed by atoms with van der Waals surface area (Å²) in [5.74, 6) is 1.54. The summed E-state index contributed by atoms with van der Waals surface area (Å²) in [4.78, 5) is 4.61. The molecule has 0 spiro atoms. The van der Waals surface area contributed by atoms with Gasteiger partial charge in [0.2, 0.25) is 0 Å². The number of para-hydroxylation sites is 2. The van der Waals surface area contributed by atoms with Crippen LogP contribution in [0.5, 0.6) is 0 Å². The fourth-order valence-electron chi connectivity index (χ4n) is 2.11. The Bertz CT molecular complexity index is 507. The van der Waals surface area contributed by atoms with E-state index >= 15 is 0 Å². The van der Waals surface area contributed by atoms with E-state index in [1.54, 1.807) is 0 Å². The molecule has 0 aliphatic heterocycles. The van der Waals surface area contributed by atoms with Crippen LogP contribution in [0.25, 0.3) is 11.0 Å². The highest BCUT2D eigenvalue weighted by Gasteiger charge is 2.07. The predicted octanol–water partition coefficient (Wildman–Crippen LogP) is 1.68. The van der Waals surface area contributed by atoms with Gasteiger partial charge in [-0.15, -0.1) is 0 Å². The molecule has 1 atom stereocenters. The molecular formula is C14H21N3O. The van der Waals surface area contributed by atoms with Crippen molar-refractivity contribution in [2.24, 2.45) is 13.0 Å². The molecule has 0 radical (unpaired) electrons. The van der Waals surface area contributed by atoms with Gasteiger partial charge in [-0.2, -0.15) is 0 Å². The molecular weight excluding hydrogens is 226 g/mol. The molecule has 0 amide bonds. The molecule has 18 heavy (non-hydrogen) atoms. The van der Waals surface area contributed by atoms with Crippen LogP contribution in [0.1, 0.15) is 19.2 Å². The van der Waals surface area contributed by atoms with E-state index in [-0.39, 0.29) is 6.61 Å². The fraction of sp³-hybridized carbons (Fsp3) is 0.500. The average Bonchev–Trinajstić information content (AvgIpc) is 2.68. The van der Waals surface area contributed by atoms with E-state index in [0.29, 0.717) is 5.92 Å². The van der Waals surface area contributed by atoms with Gasteiger partial charge in [0.25, 0.3) is 0 Å². The van der Waals surface area contributed by atoms with E-state index in [2.05, 4.69) is 27.9 Å². The summed E-state index contributed by atoms with van der Waals surface area (Å²) in [6.45, 7) is 4.07. The lowest BCUT2D eigenvalue weighted by Crippen LogP contribution is -2.22. The summed E-state index contributed by atoms with van der Waals surface area (Å²) in [5, 5.41) is 12.2. The Kier molecular flexibility index (Phi) is 4.33. The number of aliphatic hydroxyl groups excluding tert-OH is 1. The highest BCUT2D eigenvalue weighted by atomic mass is 16.3. The lowest BCUT2D eigenvalue weighted by atomic mass is 10.1. The van der Waals surface area contributed by atoms with Crippen molar-refractivity contribution in [3.05, 3.63) is 30.1 Å². The van der Waals surface area contributed by atoms with Crippen molar-refractivity contribution >= 4 is 11.0 Å². The summed E-state index contributed by atoms with van der Waals surface area (Å²) >= 11 is 0. The van der Waals surface area contributed by atoms with Crippen molar-refractivity contribution in [1.29, 1.82) is 0 Å². The lowest BCUT2D eigenvalue weighted by Gasteiger charge is -2.10. The second-order valence-electron chi connectivity index (χ2n) is 4.82. The van der Waals surface area contributed by atoms with Gasteiger partial charge in [0, 0.05) is 13.7 Å². The standard InChI is InChI=1S/C14H21N3O/c1-11(7-8-18)9-15-10-14-16-12-5-3-4-6-13(12)17(14)2/h3-6,11,15,18H,7-10H2,1-2H3. The number of aryl methyl sites for hydroxylation is 1. The highest BCUT2D eigenvalue weighted by Crippen LogP contribution is 2.13. The third-order valence-corrected chi connectivity index (χ3v) is 3.28. The molecule has 4 nitrogen and oxygen atoms in total. The summed E-state index contributed by atoms with van der Waals surface area (Å²) in [5.41, 5.74) is 2.21. The molecule has 1 aromatic carbocycles. The minimum atomic E-state index is 0.259. The molecule has 2 N–H and O–H groups in total. The average molecular weight is 247 g/mol. The van der Waals surface area contributed by atoms with E-state index in [1.807, 2.05) is 25.2 Å². The minimum absolute atomic E-state index is 0.259. The molecule has 0 saturated heterocycles. The molecule has 98 valence electrons. The van der Waals surface area contributed by atoms with Crippen LogP contribution in [-0.2, 0) is 13.6 Å². The maximum atomic E-state index is 8.85. The summed E-state index contributed by atoms with van der Waals surface area (Å²) in [6.07, 6.45) is 0.843. The van der Waals surface area contributed by atoms with Crippen molar-refractivity contribution in [2.75, 3.05) is 13.2 Å². The molecule has 0 aliphatic carbocycles. The van der Waals surface area contributed by atoms with E-state index in [4.69, 9.17) is 5.11 Å². The van der Waals surface area contributed by atoms with Gasteiger partial charge in [-0.1, -0.05) is 19.1 Å². The number of benzene rings is 1. The Balaban J connectivity index is 1.97. The fourth-order valence-corrected chi connectivity index (χ4v) is 2.11. The van der Waals surface area contributed by atoms with Crippen LogP contribution in [0.15, 0.2) is 24.3 Å². The third kappa shape index (κ3) is 2.89. The molecule has 1 unspecified atom stereocenters. The highest BCUT2D eigenvalue weighted by molar-refractivity contribution is 5.75. The Hall–Kier alpha value is -1.39. The number of imidazole rings is 1. The monoisotopic (exact) mass is 247 g/mol. The van der Waals surface area contributed by atoms with Gasteiger partial charge >= 0.3 is 0 Å². The number of aromatic nitrogens is 2. The van der Waals surface area contributed by atoms with Crippen LogP contribution < -0.4 is 5.32 Å². The Morgan fingerprint density at radius 2 is 2.17 bits per heavy atom. The summed E-state index contributed by atoms with van der Waals surface area (Å²) < 4.78 is 2.12. The second kappa shape index (κ2) is 5.98. The SMILES string of the molecule is CC(CCO)CNCc1nc2ccccc2n1C. The number of fused-ring (bicyclic) bond motifs is 1. The van der Waals surface area contributed by atoms with Crippen LogP contribution in [0, 0.1) is 5.92 Å². The number of aliphatic hydroxyl groups is 1. The maximum absolute atomic E-state index is 8.85. The zero-order valence-corrected chi connectivity index (χ0v) is 11.1. The normalized spacial score (nSPS) is 13.1. The number of nitrogens with zero attached hydrogens (tertiary/aromatic N) is 2. The van der Waals surface area contributed by atoms with E-state index < -0.39 is 0 Å². The molecule has 0 aliphatic rings. The van der Waals surface area contributed by atoms with Crippen molar-refractivity contribution < 1.29 is 5.11 Å². The van der Waals surface area contributed by atoms with Gasteiger partial charge in [0.05, 0.1) is 17.6 Å². The first kappa shape index (κ1) is 13.1. The number of hydrogen-bond acceptors (Lipinski definition) is 3. The van der Waals surface area contributed by atoms with Gasteiger partial charge < -0.3 is 15.0 Å². The van der Waals surface area contributed by atoms with Crippen LogP contribution in [0.3, 0.4) is 0 Å². The van der Waals surface area contributed by atoms with Crippen LogP contribution in [0.2, 0.25) is 0 Å². The molecule has 0 saturated carbocycles. The first-order valence-electron chi connectivity index (χ1n) is 6.44. The molecule has 2 aromatic rings. The quantitative estimate of drug-likeness (QED) is 0.816. The predicted molar refractivity (Wildman–Crippen MR) is 73.3 cm³/mol. The van der Waals surface area contributed by atoms with Gasteiger partial charge in [-0.05, 0) is 31.0 Å². The Morgan fingerprint density at radius 3 is 2.89 bits per heavy atom. The molecule has 0 bridgehead atoms. The van der Waals surface area contributed by atoms with Crippen LogP contribution in [-0.4, -0.2) is 27.8 Å². The zero-order valence-electron chi connectivity index (χ0n) is 11.1. The molecule has 2 rings (SSSR count). The van der Waals surface area contributed by atoms with E-state index in [0.717, 1.165) is 36.4 Å². The third-order valence-electron chi connectivity index (χ3n) is 3.28. The largest absolute Gasteiger partial charge is 0.396 e. The van der Waals surface area contributed by atoms with Gasteiger partial charge in [0.15, 0.2) is 0 Å². The van der Waals surface area contributed by atoms with Crippen molar-refractivity contribution in [1.82, 2.24) is 14.9 Å². The smallest absolute Gasteiger partial charge is 0.123 e. The second-order valence-corrected chi connectivity index (χ2v) is 4.82. The van der Waals surface area contributed by atoms with Gasteiger partial charge in [-0.25, -0.2) is 4.98 Å². The maximum Gasteiger partial charge on any atom is 0.123 e. The summed E-state index contributed by atoms with van der Waals surface area (Å²) in [7, 11) is 2.05. The van der Waals surface area contributed by atoms with Crippen molar-refractivity contribution in [3.63, 3.8) is 0 Å². The first-order valence-corrected chi connectivity index (χ1v) is 6.44. The Labute approximate surface area is 108 Å². The van der Waals surface area contributed by atoms with E-state index in [9.17, 15) is 0 Å². The van der Waals surface area contributed by atoms with Gasteiger partial charge in [0.1, 0.15) is 5.82 Å². The zero-order chi connectivity index (χ0) is 13.0. The lowest BCUT2D eigenvalue weighted by molar-refractivity contribution is 0.260. The molecule has 1 aromatic heterocycles. The number of hydrogen-bond donors (Lipinski definition) is 2. The topological polar surface area (TPSA) is 50.1 Å². The first-order chi connectivity index (χ1) is 8.72. The van der Waals surface area contributed by atoms with Crippen molar-refractivity contribution in [3.8, 4) is 0 Å². The molecule has 0 fully saturated rings. The van der Waals surface area contributed by atoms with Crippen molar-refractivity contribution in [2.45, 2.75) is 19.9 Å². The van der Waals surface area contributed by atoms with E-state index in [1.165, 1.54) is 0 Å². The molecule has 1 heterocycles. The number of rotatable bonds is 6. The van der Waals surface area contributed by atoms with Crippen LogP contribution in [0.4, 0.5) is 0 Å². The van der Waals surface area contributed by atoms with Gasteiger partial charge in [-0.3, -0.25) is 0 Å².